The van der Waals surface area contributed by atoms with Gasteiger partial charge in [-0.05, 0) is 56.6 Å². The van der Waals surface area contributed by atoms with E-state index >= 15 is 0 Å². The number of alkyl halides is 1. The lowest BCUT2D eigenvalue weighted by atomic mass is 9.82. The maximum absolute atomic E-state index is 14.9. The molecule has 6 heterocycles. The van der Waals surface area contributed by atoms with E-state index in [1.807, 2.05) is 9.13 Å². The maximum Gasteiger partial charge on any atom is 0.136 e. The van der Waals surface area contributed by atoms with Crippen LogP contribution in [-0.4, -0.2) is 45.9 Å². The number of aliphatic hydroxyl groups excluding tert-OH is 1. The molecule has 4 aromatic rings. The number of aliphatic hydroxyl groups is 1. The van der Waals surface area contributed by atoms with E-state index in [0.717, 1.165) is 54.9 Å². The van der Waals surface area contributed by atoms with Crippen LogP contribution in [0.1, 0.15) is 107 Å². The molecule has 0 radical (unpaired) electrons. The highest BCUT2D eigenvalue weighted by atomic mass is 19.1. The monoisotopic (exact) mass is 604 g/mol. The zero-order valence-corrected chi connectivity index (χ0v) is 24.9. The quantitative estimate of drug-likeness (QED) is 0.243. The van der Waals surface area contributed by atoms with Crippen LogP contribution < -0.4 is 0 Å². The van der Waals surface area contributed by atoms with E-state index in [2.05, 4.69) is 19.9 Å². The van der Waals surface area contributed by atoms with Gasteiger partial charge in [0.25, 0.3) is 0 Å². The SMILES string of the molecule is Fc1ccnc2c1-c1cncn1C2CCC1(F)CCCCC1.OC(CC1c2nccc(F)c2-c2cncn21)C1CCCCC1. The molecule has 2 saturated carbocycles. The van der Waals surface area contributed by atoms with Gasteiger partial charge in [0, 0.05) is 18.8 Å². The van der Waals surface area contributed by atoms with Gasteiger partial charge in [0.05, 0.1) is 77.1 Å². The summed E-state index contributed by atoms with van der Waals surface area (Å²) in [4.78, 5) is 17.0. The van der Waals surface area contributed by atoms with Crippen LogP contribution in [0.25, 0.3) is 22.5 Å². The van der Waals surface area contributed by atoms with Crippen LogP contribution in [-0.2, 0) is 0 Å². The third-order valence-corrected chi connectivity index (χ3v) is 10.3. The average Bonchev–Trinajstić information content (AvgIpc) is 3.81. The molecule has 4 aromatic heterocycles. The minimum Gasteiger partial charge on any atom is -0.393 e. The summed E-state index contributed by atoms with van der Waals surface area (Å²) in [5.74, 6) is -0.179. The number of hydrogen-bond acceptors (Lipinski definition) is 5. The van der Waals surface area contributed by atoms with Crippen molar-refractivity contribution in [3.63, 3.8) is 0 Å². The Kier molecular flexibility index (Phi) is 8.03. The summed E-state index contributed by atoms with van der Waals surface area (Å²) in [7, 11) is 0. The Morgan fingerprint density at radius 1 is 0.795 bits per heavy atom. The van der Waals surface area contributed by atoms with E-state index in [0.29, 0.717) is 49.1 Å². The molecule has 0 saturated heterocycles. The molecule has 1 N–H and O–H groups in total. The number of pyridine rings is 2. The Morgan fingerprint density at radius 3 is 1.95 bits per heavy atom. The van der Waals surface area contributed by atoms with Crippen LogP contribution >= 0.6 is 0 Å². The highest BCUT2D eigenvalue weighted by Crippen LogP contribution is 2.45. The zero-order chi connectivity index (χ0) is 30.3. The summed E-state index contributed by atoms with van der Waals surface area (Å²) in [6, 6.07) is 2.55. The number of imidazole rings is 2. The second kappa shape index (κ2) is 12.1. The van der Waals surface area contributed by atoms with E-state index in [-0.39, 0.29) is 29.8 Å². The number of fused-ring (bicyclic) bond motifs is 6. The van der Waals surface area contributed by atoms with Crippen LogP contribution in [0.15, 0.2) is 49.6 Å². The summed E-state index contributed by atoms with van der Waals surface area (Å²) in [6.45, 7) is 0. The summed E-state index contributed by atoms with van der Waals surface area (Å²) in [5.41, 5.74) is 2.98. The number of halogens is 3. The van der Waals surface area contributed by atoms with Crippen molar-refractivity contribution in [3.05, 3.63) is 72.6 Å². The van der Waals surface area contributed by atoms with Crippen molar-refractivity contribution in [3.8, 4) is 22.5 Å². The molecule has 0 bridgehead atoms. The summed E-state index contributed by atoms with van der Waals surface area (Å²) < 4.78 is 47.1. The van der Waals surface area contributed by atoms with Gasteiger partial charge in [-0.15, -0.1) is 0 Å². The molecule has 10 heteroatoms. The van der Waals surface area contributed by atoms with E-state index < -0.39 is 5.67 Å². The molecule has 4 aliphatic rings. The van der Waals surface area contributed by atoms with Crippen LogP contribution in [0.3, 0.4) is 0 Å². The fraction of sp³-hybridized carbons (Fsp3) is 0.529. The molecule has 8 rings (SSSR count). The summed E-state index contributed by atoms with van der Waals surface area (Å²) in [5, 5.41) is 10.6. The summed E-state index contributed by atoms with van der Waals surface area (Å²) >= 11 is 0. The molecule has 44 heavy (non-hydrogen) atoms. The molecule has 0 aromatic carbocycles. The molecule has 2 fully saturated rings. The number of aromatic nitrogens is 6. The van der Waals surface area contributed by atoms with E-state index in [1.54, 1.807) is 25.0 Å². The Hall–Kier alpha value is -3.53. The van der Waals surface area contributed by atoms with Crippen molar-refractivity contribution in [2.75, 3.05) is 0 Å². The third kappa shape index (κ3) is 5.35. The van der Waals surface area contributed by atoms with Crippen molar-refractivity contribution in [2.24, 2.45) is 5.92 Å². The average molecular weight is 605 g/mol. The van der Waals surface area contributed by atoms with Gasteiger partial charge in [-0.25, -0.2) is 23.1 Å². The lowest BCUT2D eigenvalue weighted by Crippen LogP contribution is -2.27. The molecule has 0 spiro atoms. The highest BCUT2D eigenvalue weighted by molar-refractivity contribution is 5.68. The van der Waals surface area contributed by atoms with Crippen LogP contribution in [0.4, 0.5) is 13.2 Å². The van der Waals surface area contributed by atoms with Gasteiger partial charge in [-0.2, -0.15) is 0 Å². The lowest BCUT2D eigenvalue weighted by Gasteiger charge is -2.30. The minimum atomic E-state index is -1.06. The van der Waals surface area contributed by atoms with E-state index in [4.69, 9.17) is 0 Å². The first-order valence-electron chi connectivity index (χ1n) is 16.1. The minimum absolute atomic E-state index is 0.0993. The van der Waals surface area contributed by atoms with Gasteiger partial charge in [0.2, 0.25) is 0 Å². The molecule has 3 unspecified atom stereocenters. The summed E-state index contributed by atoms with van der Waals surface area (Å²) in [6.07, 6.45) is 21.4. The molecule has 2 aliphatic carbocycles. The molecule has 232 valence electrons. The fourth-order valence-corrected chi connectivity index (χ4v) is 7.95. The first kappa shape index (κ1) is 29.2. The largest absolute Gasteiger partial charge is 0.393 e. The van der Waals surface area contributed by atoms with Crippen molar-refractivity contribution >= 4 is 0 Å². The van der Waals surface area contributed by atoms with Gasteiger partial charge in [-0.1, -0.05) is 38.5 Å². The number of nitrogens with zero attached hydrogens (tertiary/aromatic N) is 6. The van der Waals surface area contributed by atoms with Crippen LogP contribution in [0.2, 0.25) is 0 Å². The molecule has 0 amide bonds. The standard InChI is InChI=1S/C17H19F2N3.C17H20FN3O/c18-12-5-9-21-16-13(22-11-20-10-14(22)15(12)16)4-8-17(19)6-2-1-3-7-17;18-12-6-7-20-17-13(21-10-19-9-14(21)16(12)17)8-15(22)11-4-2-1-3-5-11/h5,9-11,13H,1-4,6-8H2;6-7,9-11,13,15,22H,1-5,8H2. The fourth-order valence-electron chi connectivity index (χ4n) is 7.95. The molecular formula is C34H39F3N6O. The number of rotatable bonds is 6. The van der Waals surface area contributed by atoms with Gasteiger partial charge in [0.1, 0.15) is 17.3 Å². The smallest absolute Gasteiger partial charge is 0.136 e. The van der Waals surface area contributed by atoms with Crippen molar-refractivity contribution < 1.29 is 18.3 Å². The highest BCUT2D eigenvalue weighted by Gasteiger charge is 2.37. The Morgan fingerprint density at radius 2 is 1.34 bits per heavy atom. The van der Waals surface area contributed by atoms with Gasteiger partial charge in [0.15, 0.2) is 0 Å². The second-order valence-electron chi connectivity index (χ2n) is 13.0. The molecular weight excluding hydrogens is 565 g/mol. The Labute approximate surface area is 255 Å². The van der Waals surface area contributed by atoms with Gasteiger partial charge < -0.3 is 14.2 Å². The topological polar surface area (TPSA) is 81.7 Å². The normalized spacial score (nSPS) is 22.4. The zero-order valence-electron chi connectivity index (χ0n) is 24.9. The maximum atomic E-state index is 14.9. The van der Waals surface area contributed by atoms with Crippen molar-refractivity contribution in [2.45, 2.75) is 107 Å². The van der Waals surface area contributed by atoms with Crippen LogP contribution in [0.5, 0.6) is 0 Å². The second-order valence-corrected chi connectivity index (χ2v) is 13.0. The number of hydrogen-bond donors (Lipinski definition) is 1. The molecule has 7 nitrogen and oxygen atoms in total. The van der Waals surface area contributed by atoms with Gasteiger partial charge in [-0.3, -0.25) is 9.97 Å². The predicted octanol–water partition coefficient (Wildman–Crippen LogP) is 7.76. The Balaban J connectivity index is 0.000000142. The van der Waals surface area contributed by atoms with Gasteiger partial charge >= 0.3 is 0 Å². The third-order valence-electron chi connectivity index (χ3n) is 10.3. The lowest BCUT2D eigenvalue weighted by molar-refractivity contribution is 0.0683. The first-order valence-corrected chi connectivity index (χ1v) is 16.1. The molecule has 3 atom stereocenters. The van der Waals surface area contributed by atoms with Crippen molar-refractivity contribution in [1.82, 2.24) is 29.1 Å². The van der Waals surface area contributed by atoms with E-state index in [9.17, 15) is 18.3 Å². The Bertz CT molecular complexity index is 1610. The van der Waals surface area contributed by atoms with E-state index in [1.165, 1.54) is 43.8 Å². The molecule has 2 aliphatic heterocycles. The van der Waals surface area contributed by atoms with Crippen molar-refractivity contribution in [1.29, 1.82) is 0 Å². The van der Waals surface area contributed by atoms with Crippen LogP contribution in [0, 0.1) is 17.6 Å². The predicted molar refractivity (Wildman–Crippen MR) is 160 cm³/mol. The first-order chi connectivity index (χ1) is 21.4.